The first-order valence-corrected chi connectivity index (χ1v) is 10.8. The fourth-order valence-corrected chi connectivity index (χ4v) is 4.85. The zero-order chi connectivity index (χ0) is 21.5. The lowest BCUT2D eigenvalue weighted by atomic mass is 10.1. The molecule has 0 saturated heterocycles. The molecular formula is C23H21ClFN2O2P. The van der Waals surface area contributed by atoms with E-state index in [9.17, 15) is 9.18 Å². The van der Waals surface area contributed by atoms with E-state index in [1.54, 1.807) is 43.5 Å². The number of nitrogens with two attached hydrogens (primary N) is 1. The molecule has 0 aliphatic carbocycles. The molecule has 7 heteroatoms. The molecule has 3 rings (SSSR count). The summed E-state index contributed by atoms with van der Waals surface area (Å²) >= 11 is 6.19. The molecule has 0 bridgehead atoms. The number of amides is 1. The van der Waals surface area contributed by atoms with E-state index in [0.29, 0.717) is 27.2 Å². The lowest BCUT2D eigenvalue weighted by Crippen LogP contribution is -2.21. The van der Waals surface area contributed by atoms with Gasteiger partial charge in [-0.25, -0.2) is 4.39 Å². The second kappa shape index (κ2) is 10.4. The monoisotopic (exact) mass is 442 g/mol. The maximum Gasteiger partial charge on any atom is 0.245 e. The van der Waals surface area contributed by atoms with Gasteiger partial charge in [-0.15, -0.1) is 0 Å². The predicted octanol–water partition coefficient (Wildman–Crippen LogP) is 5.09. The molecule has 0 saturated carbocycles. The van der Waals surface area contributed by atoms with Crippen LogP contribution in [0.15, 0.2) is 78.9 Å². The van der Waals surface area contributed by atoms with Gasteiger partial charge in [0, 0.05) is 52.2 Å². The highest BCUT2D eigenvalue weighted by molar-refractivity contribution is 7.71. The molecule has 1 unspecified atom stereocenters. The van der Waals surface area contributed by atoms with E-state index in [0.717, 1.165) is 5.30 Å². The summed E-state index contributed by atoms with van der Waals surface area (Å²) in [6.45, 7) is 0.0660. The summed E-state index contributed by atoms with van der Waals surface area (Å²) in [6, 6.07) is 21.0. The van der Waals surface area contributed by atoms with Gasteiger partial charge >= 0.3 is 0 Å². The van der Waals surface area contributed by atoms with Crippen molar-refractivity contribution in [3.05, 3.63) is 101 Å². The van der Waals surface area contributed by atoms with Crippen LogP contribution in [0.4, 0.5) is 10.1 Å². The summed E-state index contributed by atoms with van der Waals surface area (Å²) < 4.78 is 19.6. The van der Waals surface area contributed by atoms with Crippen molar-refractivity contribution in [1.29, 1.82) is 0 Å². The molecule has 3 aromatic rings. The van der Waals surface area contributed by atoms with Crippen LogP contribution in [0.25, 0.3) is 5.31 Å². The van der Waals surface area contributed by atoms with Crippen molar-refractivity contribution < 1.29 is 13.7 Å². The molecule has 1 atom stereocenters. The molecule has 0 heterocycles. The Balaban J connectivity index is 1.97. The van der Waals surface area contributed by atoms with Crippen LogP contribution in [0, 0.1) is 5.82 Å². The first-order chi connectivity index (χ1) is 14.5. The number of benzene rings is 3. The molecule has 30 heavy (non-hydrogen) atoms. The fourth-order valence-electron chi connectivity index (χ4n) is 2.90. The molecule has 0 aromatic heterocycles. The normalized spacial score (nSPS) is 12.4. The number of hydrogen-bond acceptors (Lipinski definition) is 3. The third kappa shape index (κ3) is 5.45. The molecule has 0 fully saturated rings. The molecule has 0 aliphatic rings. The number of nitrogen functional groups attached to an aromatic ring is 1. The summed E-state index contributed by atoms with van der Waals surface area (Å²) in [5, 5.41) is 4.76. The van der Waals surface area contributed by atoms with Crippen molar-refractivity contribution in [2.24, 2.45) is 0 Å². The van der Waals surface area contributed by atoms with E-state index in [-0.39, 0.29) is 18.3 Å². The van der Waals surface area contributed by atoms with Gasteiger partial charge in [-0.1, -0.05) is 60.1 Å². The molecular weight excluding hydrogens is 422 g/mol. The highest BCUT2D eigenvalue weighted by Gasteiger charge is 2.22. The van der Waals surface area contributed by atoms with Gasteiger partial charge in [-0.2, -0.15) is 0 Å². The second-order valence-electron chi connectivity index (χ2n) is 6.38. The number of anilines is 1. The van der Waals surface area contributed by atoms with Gasteiger partial charge in [0.15, 0.2) is 0 Å². The number of carbonyl (C=O) groups is 1. The van der Waals surface area contributed by atoms with E-state index < -0.39 is 8.15 Å². The van der Waals surface area contributed by atoms with E-state index in [4.69, 9.17) is 21.9 Å². The Hall–Kier alpha value is -2.72. The molecule has 3 aromatic carbocycles. The van der Waals surface area contributed by atoms with Crippen molar-refractivity contribution in [2.75, 3.05) is 12.8 Å². The van der Waals surface area contributed by atoms with Crippen LogP contribution in [0.1, 0.15) is 11.1 Å². The van der Waals surface area contributed by atoms with Crippen molar-refractivity contribution >= 4 is 42.0 Å². The summed E-state index contributed by atoms with van der Waals surface area (Å²) in [6.07, 6.45) is 1.45. The molecule has 0 radical (unpaired) electrons. The summed E-state index contributed by atoms with van der Waals surface area (Å²) in [7, 11) is 0.250. The van der Waals surface area contributed by atoms with Crippen LogP contribution < -0.4 is 16.4 Å². The zero-order valence-corrected chi connectivity index (χ0v) is 18.0. The SMILES string of the molecule is COP(/C(=C\C(=O)NCc1ccccc1F)c1cc(Cl)ccc1N)c1ccccc1. The van der Waals surface area contributed by atoms with Crippen molar-refractivity contribution in [3.63, 3.8) is 0 Å². The Morgan fingerprint density at radius 2 is 1.83 bits per heavy atom. The molecule has 154 valence electrons. The standard InChI is InChI=1S/C23H21ClFN2O2P/c1-29-30(18-8-3-2-4-9-18)22(19-13-17(24)11-12-21(19)26)14-23(28)27-15-16-7-5-6-10-20(16)25/h2-14H,15,26H2,1H3,(H,27,28)/b22-14-. The highest BCUT2D eigenvalue weighted by atomic mass is 35.5. The average molecular weight is 443 g/mol. The van der Waals surface area contributed by atoms with Gasteiger partial charge in [-0.3, -0.25) is 4.79 Å². The van der Waals surface area contributed by atoms with Gasteiger partial charge in [0.2, 0.25) is 5.91 Å². The predicted molar refractivity (Wildman–Crippen MR) is 122 cm³/mol. The number of rotatable bonds is 7. The van der Waals surface area contributed by atoms with Crippen molar-refractivity contribution in [2.45, 2.75) is 6.54 Å². The number of nitrogens with one attached hydrogen (secondary N) is 1. The maximum atomic E-state index is 13.9. The largest absolute Gasteiger partial charge is 0.398 e. The van der Waals surface area contributed by atoms with Gasteiger partial charge in [-0.05, 0) is 24.3 Å². The van der Waals surface area contributed by atoms with E-state index in [1.807, 2.05) is 30.3 Å². The van der Waals surface area contributed by atoms with Gasteiger partial charge in [0.25, 0.3) is 0 Å². The quantitative estimate of drug-likeness (QED) is 0.304. The number of halogens is 2. The summed E-state index contributed by atoms with van der Waals surface area (Å²) in [5.41, 5.74) is 7.70. The minimum Gasteiger partial charge on any atom is -0.398 e. The van der Waals surface area contributed by atoms with Crippen molar-refractivity contribution in [3.8, 4) is 0 Å². The third-order valence-electron chi connectivity index (χ3n) is 4.36. The third-order valence-corrected chi connectivity index (χ3v) is 6.54. The molecule has 0 spiro atoms. The van der Waals surface area contributed by atoms with Crippen LogP contribution in [-0.4, -0.2) is 13.0 Å². The highest BCUT2D eigenvalue weighted by Crippen LogP contribution is 2.51. The lowest BCUT2D eigenvalue weighted by molar-refractivity contribution is -0.116. The van der Waals surface area contributed by atoms with Gasteiger partial charge in [0.1, 0.15) is 5.82 Å². The smallest absolute Gasteiger partial charge is 0.245 e. The maximum absolute atomic E-state index is 13.9. The van der Waals surface area contributed by atoms with E-state index in [1.165, 1.54) is 12.1 Å². The Morgan fingerprint density at radius 3 is 2.53 bits per heavy atom. The van der Waals surface area contributed by atoms with Crippen LogP contribution >= 0.6 is 19.7 Å². The Kier molecular flexibility index (Phi) is 7.58. The molecule has 3 N–H and O–H groups in total. The molecule has 1 amide bonds. The minimum atomic E-state index is -1.34. The average Bonchev–Trinajstić information content (AvgIpc) is 2.75. The first kappa shape index (κ1) is 22.0. The summed E-state index contributed by atoms with van der Waals surface area (Å²) in [5.74, 6) is -0.752. The topological polar surface area (TPSA) is 64.3 Å². The minimum absolute atomic E-state index is 0.0660. The summed E-state index contributed by atoms with van der Waals surface area (Å²) in [4.78, 5) is 12.7. The van der Waals surface area contributed by atoms with E-state index in [2.05, 4.69) is 5.32 Å². The number of hydrogen-bond donors (Lipinski definition) is 2. The lowest BCUT2D eigenvalue weighted by Gasteiger charge is -2.21. The number of carbonyl (C=O) groups excluding carboxylic acids is 1. The van der Waals surface area contributed by atoms with E-state index >= 15 is 0 Å². The molecule has 0 aliphatic heterocycles. The Morgan fingerprint density at radius 1 is 1.13 bits per heavy atom. The van der Waals surface area contributed by atoms with Crippen molar-refractivity contribution in [1.82, 2.24) is 5.32 Å². The van der Waals surface area contributed by atoms with Crippen LogP contribution in [0.3, 0.4) is 0 Å². The molecule has 4 nitrogen and oxygen atoms in total. The van der Waals surface area contributed by atoms with Crippen LogP contribution in [0.5, 0.6) is 0 Å². The van der Waals surface area contributed by atoms with Crippen LogP contribution in [0.2, 0.25) is 5.02 Å². The van der Waals surface area contributed by atoms with Gasteiger partial charge in [0.05, 0.1) is 8.15 Å². The first-order valence-electron chi connectivity index (χ1n) is 9.17. The zero-order valence-electron chi connectivity index (χ0n) is 16.3. The fraction of sp³-hybridized carbons (Fsp3) is 0.0870. The second-order valence-corrected chi connectivity index (χ2v) is 8.77. The Labute approximate surface area is 181 Å². The Bertz CT molecular complexity index is 1060. The van der Waals surface area contributed by atoms with Gasteiger partial charge < -0.3 is 15.6 Å². The van der Waals surface area contributed by atoms with Crippen LogP contribution in [-0.2, 0) is 15.9 Å².